The molecule has 0 amide bonds. The van der Waals surface area contributed by atoms with Gasteiger partial charge in [0.25, 0.3) is 0 Å². The Labute approximate surface area is 106 Å². The maximum atomic E-state index is 6.11. The lowest BCUT2D eigenvalue weighted by Gasteiger charge is -2.41. The van der Waals surface area contributed by atoms with E-state index >= 15 is 0 Å². The third-order valence-corrected chi connectivity index (χ3v) is 3.31. The lowest BCUT2D eigenvalue weighted by atomic mass is 10.0. The highest BCUT2D eigenvalue weighted by molar-refractivity contribution is 4.81. The van der Waals surface area contributed by atoms with E-state index in [1.54, 1.807) is 0 Å². The predicted molar refractivity (Wildman–Crippen MR) is 71.3 cm³/mol. The fourth-order valence-corrected chi connectivity index (χ4v) is 2.08. The minimum absolute atomic E-state index is 0.223. The van der Waals surface area contributed by atoms with Gasteiger partial charge in [-0.15, -0.1) is 0 Å². The molecular weight excluding hydrogens is 214 g/mol. The van der Waals surface area contributed by atoms with E-state index in [1.165, 1.54) is 0 Å². The van der Waals surface area contributed by atoms with Crippen molar-refractivity contribution in [3.8, 4) is 0 Å². The van der Waals surface area contributed by atoms with E-state index in [1.807, 2.05) is 0 Å². The molecular formula is C14H29NO2. The van der Waals surface area contributed by atoms with Crippen LogP contribution in [0.15, 0.2) is 0 Å². The van der Waals surface area contributed by atoms with Gasteiger partial charge < -0.3 is 9.47 Å². The summed E-state index contributed by atoms with van der Waals surface area (Å²) in [7, 11) is 0. The monoisotopic (exact) mass is 243 g/mol. The van der Waals surface area contributed by atoms with Crippen LogP contribution in [-0.4, -0.2) is 49.0 Å². The summed E-state index contributed by atoms with van der Waals surface area (Å²) in [6, 6.07) is 0.585. The third kappa shape index (κ3) is 4.94. The van der Waals surface area contributed by atoms with E-state index < -0.39 is 0 Å². The third-order valence-electron chi connectivity index (χ3n) is 3.31. The molecule has 102 valence electrons. The molecule has 0 N–H and O–H groups in total. The molecule has 0 aromatic carbocycles. The molecule has 0 spiro atoms. The molecule has 17 heavy (non-hydrogen) atoms. The largest absolute Gasteiger partial charge is 0.376 e. The zero-order chi connectivity index (χ0) is 13.0. The molecule has 0 aromatic heterocycles. The average molecular weight is 243 g/mol. The van der Waals surface area contributed by atoms with E-state index in [-0.39, 0.29) is 12.2 Å². The molecule has 1 heterocycles. The zero-order valence-corrected chi connectivity index (χ0v) is 12.3. The molecule has 3 heteroatoms. The van der Waals surface area contributed by atoms with Gasteiger partial charge in [0.15, 0.2) is 0 Å². The van der Waals surface area contributed by atoms with E-state index in [9.17, 15) is 0 Å². The molecule has 0 saturated carbocycles. The Kier molecular flexibility index (Phi) is 5.90. The zero-order valence-electron chi connectivity index (χ0n) is 12.3. The van der Waals surface area contributed by atoms with Crippen LogP contribution in [0.5, 0.6) is 0 Å². The second-order valence-electron chi connectivity index (χ2n) is 5.97. The Morgan fingerprint density at radius 3 is 2.24 bits per heavy atom. The fourth-order valence-electron chi connectivity index (χ4n) is 2.08. The second-order valence-corrected chi connectivity index (χ2v) is 5.97. The van der Waals surface area contributed by atoms with Crippen LogP contribution in [-0.2, 0) is 9.47 Å². The molecule has 1 fully saturated rings. The van der Waals surface area contributed by atoms with Crippen molar-refractivity contribution < 1.29 is 9.47 Å². The summed E-state index contributed by atoms with van der Waals surface area (Å²) >= 11 is 0. The van der Waals surface area contributed by atoms with Gasteiger partial charge in [0, 0.05) is 19.1 Å². The highest BCUT2D eigenvalue weighted by atomic mass is 16.5. The summed E-state index contributed by atoms with van der Waals surface area (Å²) in [6.45, 7) is 15.9. The van der Waals surface area contributed by atoms with Gasteiger partial charge in [-0.2, -0.15) is 0 Å². The van der Waals surface area contributed by atoms with Gasteiger partial charge in [-0.1, -0.05) is 13.8 Å². The Morgan fingerprint density at radius 1 is 1.12 bits per heavy atom. The first-order valence-electron chi connectivity index (χ1n) is 6.91. The molecule has 1 aliphatic heterocycles. The number of hydrogen-bond donors (Lipinski definition) is 0. The summed E-state index contributed by atoms with van der Waals surface area (Å²) in [5.74, 6) is 0.568. The fraction of sp³-hybridized carbons (Fsp3) is 1.00. The van der Waals surface area contributed by atoms with Crippen molar-refractivity contribution in [1.82, 2.24) is 4.90 Å². The summed E-state index contributed by atoms with van der Waals surface area (Å²) in [5.41, 5.74) is 0. The van der Waals surface area contributed by atoms with Crippen molar-refractivity contribution in [2.75, 3.05) is 19.7 Å². The van der Waals surface area contributed by atoms with Crippen LogP contribution < -0.4 is 0 Å². The topological polar surface area (TPSA) is 21.7 Å². The second kappa shape index (κ2) is 6.72. The van der Waals surface area contributed by atoms with Crippen LogP contribution in [0.1, 0.15) is 41.5 Å². The van der Waals surface area contributed by atoms with E-state index in [2.05, 4.69) is 46.4 Å². The first-order chi connectivity index (χ1) is 7.90. The van der Waals surface area contributed by atoms with Gasteiger partial charge >= 0.3 is 0 Å². The van der Waals surface area contributed by atoms with Crippen molar-refractivity contribution in [2.24, 2.45) is 5.92 Å². The molecule has 2 atom stereocenters. The normalized spacial score (nSPS) is 27.4. The first kappa shape index (κ1) is 14.9. The van der Waals surface area contributed by atoms with Crippen molar-refractivity contribution in [1.29, 1.82) is 0 Å². The molecule has 2 unspecified atom stereocenters. The van der Waals surface area contributed by atoms with Crippen LogP contribution in [0.25, 0.3) is 0 Å². The van der Waals surface area contributed by atoms with E-state index in [0.29, 0.717) is 24.7 Å². The summed E-state index contributed by atoms with van der Waals surface area (Å²) in [4.78, 5) is 2.50. The predicted octanol–water partition coefficient (Wildman–Crippen LogP) is 2.55. The number of ether oxygens (including phenoxy) is 2. The smallest absolute Gasteiger partial charge is 0.0939 e. The molecule has 3 nitrogen and oxygen atoms in total. The lowest BCUT2D eigenvalue weighted by Crippen LogP contribution is -2.53. The lowest BCUT2D eigenvalue weighted by molar-refractivity contribution is -0.138. The van der Waals surface area contributed by atoms with Crippen LogP contribution in [0.3, 0.4) is 0 Å². The number of nitrogens with zero attached hydrogens (tertiary/aromatic N) is 1. The van der Waals surface area contributed by atoms with Crippen molar-refractivity contribution in [2.45, 2.75) is 65.9 Å². The minimum atomic E-state index is 0.223. The molecule has 0 radical (unpaired) electrons. The van der Waals surface area contributed by atoms with Gasteiger partial charge in [0.05, 0.1) is 24.9 Å². The Balaban J connectivity index is 2.52. The van der Waals surface area contributed by atoms with Crippen molar-refractivity contribution in [3.63, 3.8) is 0 Å². The van der Waals surface area contributed by atoms with Gasteiger partial charge in [-0.3, -0.25) is 4.90 Å². The Morgan fingerprint density at radius 2 is 1.76 bits per heavy atom. The number of hydrogen-bond acceptors (Lipinski definition) is 3. The quantitative estimate of drug-likeness (QED) is 0.740. The van der Waals surface area contributed by atoms with E-state index in [4.69, 9.17) is 9.47 Å². The van der Waals surface area contributed by atoms with Crippen LogP contribution >= 0.6 is 0 Å². The maximum absolute atomic E-state index is 6.11. The van der Waals surface area contributed by atoms with Crippen molar-refractivity contribution >= 4 is 0 Å². The van der Waals surface area contributed by atoms with Gasteiger partial charge in [0.1, 0.15) is 0 Å². The average Bonchev–Trinajstić information content (AvgIpc) is 2.25. The van der Waals surface area contributed by atoms with Crippen molar-refractivity contribution in [3.05, 3.63) is 0 Å². The highest BCUT2D eigenvalue weighted by Crippen LogP contribution is 2.19. The highest BCUT2D eigenvalue weighted by Gasteiger charge is 2.30. The summed E-state index contributed by atoms with van der Waals surface area (Å²) < 4.78 is 11.8. The number of morpholine rings is 1. The molecule has 0 aliphatic carbocycles. The maximum Gasteiger partial charge on any atom is 0.0939 e. The van der Waals surface area contributed by atoms with Crippen LogP contribution in [0.4, 0.5) is 0 Å². The van der Waals surface area contributed by atoms with E-state index in [0.717, 1.165) is 13.1 Å². The molecule has 1 aliphatic rings. The summed E-state index contributed by atoms with van der Waals surface area (Å²) in [6.07, 6.45) is 0.846. The molecule has 0 aromatic rings. The first-order valence-corrected chi connectivity index (χ1v) is 6.91. The van der Waals surface area contributed by atoms with Gasteiger partial charge in [0.2, 0.25) is 0 Å². The standard InChI is InChI=1S/C14H29NO2/c1-10(2)14-8-15(11(3)4)7-13(17-14)9-16-12(5)6/h10-14H,7-9H2,1-6H3. The Hall–Kier alpha value is -0.120. The Bertz CT molecular complexity index is 200. The SMILES string of the molecule is CC(C)OCC1CN(C(C)C)CC(C(C)C)O1. The molecule has 1 saturated heterocycles. The molecule has 1 rings (SSSR count). The number of rotatable bonds is 5. The van der Waals surface area contributed by atoms with Crippen LogP contribution in [0.2, 0.25) is 0 Å². The van der Waals surface area contributed by atoms with Gasteiger partial charge in [-0.05, 0) is 33.6 Å². The minimum Gasteiger partial charge on any atom is -0.376 e. The van der Waals surface area contributed by atoms with Gasteiger partial charge in [-0.25, -0.2) is 0 Å². The molecule has 0 bridgehead atoms. The summed E-state index contributed by atoms with van der Waals surface area (Å²) in [5, 5.41) is 0. The van der Waals surface area contributed by atoms with Crippen LogP contribution in [0, 0.1) is 5.92 Å².